The normalized spacial score (nSPS) is 12.5. The molecule has 0 heterocycles. The molecular weight excluding hydrogens is 172 g/mol. The smallest absolute Gasteiger partial charge is 0.316 e. The Hall–Kier alpha value is -0.643. The maximum Gasteiger partial charge on any atom is 0.316 e. The fraction of sp³-hybridized carbons (Fsp3) is 0.750. The van der Waals surface area contributed by atoms with E-state index in [4.69, 9.17) is 13.9 Å². The molecule has 0 aromatic carbocycles. The third-order valence-corrected chi connectivity index (χ3v) is 1.82. The molecule has 0 amide bonds. The van der Waals surface area contributed by atoms with Gasteiger partial charge in [0.1, 0.15) is 0 Å². The summed E-state index contributed by atoms with van der Waals surface area (Å²) in [6, 6.07) is 0. The van der Waals surface area contributed by atoms with E-state index in [1.807, 2.05) is 13.8 Å². The Labute approximate surface area is 76.0 Å². The molecule has 3 nitrogen and oxygen atoms in total. The van der Waals surface area contributed by atoms with Crippen molar-refractivity contribution in [3.63, 3.8) is 0 Å². The van der Waals surface area contributed by atoms with Crippen LogP contribution >= 0.6 is 0 Å². The molecule has 0 fully saturated rings. The molecule has 0 saturated heterocycles. The maximum absolute atomic E-state index is 5.49. The Balaban J connectivity index is 4.16. The monoisotopic (exact) mass is 189 g/mol. The summed E-state index contributed by atoms with van der Waals surface area (Å²) in [6.07, 6.45) is 0. The minimum atomic E-state index is -0.724. The van der Waals surface area contributed by atoms with Crippen LogP contribution in [0.25, 0.3) is 0 Å². The van der Waals surface area contributed by atoms with Gasteiger partial charge in [0.05, 0.1) is 13.7 Å². The lowest BCUT2D eigenvalue weighted by Crippen LogP contribution is -2.09. The van der Waals surface area contributed by atoms with E-state index in [2.05, 4.69) is 13.1 Å². The highest BCUT2D eigenvalue weighted by Crippen LogP contribution is 2.09. The summed E-state index contributed by atoms with van der Waals surface area (Å²) in [5, 5.41) is 0. The molecule has 71 valence electrons. The topological polar surface area (TPSA) is 27.7 Å². The summed E-state index contributed by atoms with van der Waals surface area (Å²) in [7, 11) is 0.855. The van der Waals surface area contributed by atoms with Crippen molar-refractivity contribution in [3.05, 3.63) is 11.7 Å². The molecule has 0 aromatic rings. The van der Waals surface area contributed by atoms with Crippen molar-refractivity contribution in [2.75, 3.05) is 13.7 Å². The lowest BCUT2D eigenvalue weighted by molar-refractivity contribution is 0.0537. The zero-order valence-corrected chi connectivity index (χ0v) is 9.43. The van der Waals surface area contributed by atoms with Gasteiger partial charge in [0.2, 0.25) is 0 Å². The van der Waals surface area contributed by atoms with E-state index in [1.54, 1.807) is 7.11 Å². The van der Waals surface area contributed by atoms with Crippen LogP contribution in [0.15, 0.2) is 11.7 Å². The molecule has 0 aromatic heterocycles. The predicted octanol–water partition coefficient (Wildman–Crippen LogP) is 2.13. The zero-order chi connectivity index (χ0) is 9.56. The van der Waals surface area contributed by atoms with E-state index >= 15 is 0 Å². The van der Waals surface area contributed by atoms with Crippen LogP contribution in [-0.2, 0) is 13.9 Å². The third kappa shape index (κ3) is 4.28. The minimum absolute atomic E-state index is 0.490. The average molecular weight is 189 g/mol. The van der Waals surface area contributed by atoms with Crippen molar-refractivity contribution in [1.82, 2.24) is 0 Å². The van der Waals surface area contributed by atoms with Crippen LogP contribution in [-0.4, -0.2) is 22.8 Å². The Morgan fingerprint density at radius 2 is 1.92 bits per heavy atom. The lowest BCUT2D eigenvalue weighted by Gasteiger charge is -2.13. The fourth-order valence-electron chi connectivity index (χ4n) is 0.783. The Bertz CT molecular complexity index is 154. The Morgan fingerprint density at radius 3 is 2.25 bits per heavy atom. The van der Waals surface area contributed by atoms with E-state index in [0.29, 0.717) is 12.6 Å². The molecule has 4 heteroatoms. The van der Waals surface area contributed by atoms with Crippen molar-refractivity contribution in [1.29, 1.82) is 0 Å². The van der Waals surface area contributed by atoms with Crippen LogP contribution in [0, 0.1) is 0 Å². The second-order valence-electron chi connectivity index (χ2n) is 2.49. The number of methoxy groups -OCH3 is 1. The molecule has 0 spiro atoms. The first-order valence-electron chi connectivity index (χ1n) is 3.97. The molecule has 0 saturated carbocycles. The maximum atomic E-state index is 5.49. The quantitative estimate of drug-likeness (QED) is 0.490. The van der Waals surface area contributed by atoms with Crippen LogP contribution in [0.3, 0.4) is 0 Å². The number of rotatable bonds is 5. The van der Waals surface area contributed by atoms with Crippen molar-refractivity contribution >= 4 is 9.04 Å². The van der Waals surface area contributed by atoms with E-state index in [-0.39, 0.29) is 0 Å². The van der Waals surface area contributed by atoms with Gasteiger partial charge < -0.3 is 13.9 Å². The zero-order valence-electron chi connectivity index (χ0n) is 8.43. The second kappa shape index (κ2) is 5.94. The molecule has 0 aliphatic heterocycles. The highest BCUT2D eigenvalue weighted by atomic mass is 28.3. The van der Waals surface area contributed by atoms with Gasteiger partial charge in [-0.2, -0.15) is 0 Å². The van der Waals surface area contributed by atoms with Gasteiger partial charge in [0.25, 0.3) is 9.04 Å². The first-order chi connectivity index (χ1) is 5.61. The molecule has 0 rings (SSSR count). The number of ether oxygens (including phenoxy) is 2. The van der Waals surface area contributed by atoms with Crippen molar-refractivity contribution < 1.29 is 13.9 Å². The van der Waals surface area contributed by atoms with Gasteiger partial charge in [-0.3, -0.25) is 0 Å². The van der Waals surface area contributed by atoms with E-state index in [1.165, 1.54) is 0 Å². The molecule has 0 atom stereocenters. The largest absolute Gasteiger partial charge is 0.541 e. The van der Waals surface area contributed by atoms with Crippen LogP contribution in [0.5, 0.6) is 0 Å². The summed E-state index contributed by atoms with van der Waals surface area (Å²) in [5.41, 5.74) is 0. The fourth-order valence-corrected chi connectivity index (χ4v) is 1.48. The third-order valence-electron chi connectivity index (χ3n) is 1.11. The first-order valence-corrected chi connectivity index (χ1v) is 6.38. The van der Waals surface area contributed by atoms with Crippen LogP contribution in [0.1, 0.15) is 13.8 Å². The van der Waals surface area contributed by atoms with Gasteiger partial charge in [-0.1, -0.05) is 0 Å². The minimum Gasteiger partial charge on any atom is -0.541 e. The molecular formula is C8H17O3Si. The summed E-state index contributed by atoms with van der Waals surface area (Å²) in [5.74, 6) is 1.22. The second-order valence-corrected chi connectivity index (χ2v) is 4.51. The highest BCUT2D eigenvalue weighted by molar-refractivity contribution is 6.48. The average Bonchev–Trinajstić information content (AvgIpc) is 1.98. The molecule has 12 heavy (non-hydrogen) atoms. The molecule has 0 aliphatic rings. The number of allylic oxidation sites excluding steroid dienone is 1. The molecule has 0 aliphatic carbocycles. The van der Waals surface area contributed by atoms with Gasteiger partial charge in [-0.25, -0.2) is 0 Å². The van der Waals surface area contributed by atoms with Gasteiger partial charge >= 0.3 is 5.95 Å². The number of hydrogen-bond acceptors (Lipinski definition) is 3. The predicted molar refractivity (Wildman–Crippen MR) is 49.9 cm³/mol. The summed E-state index contributed by atoms with van der Waals surface area (Å²) in [4.78, 5) is 0. The highest BCUT2D eigenvalue weighted by Gasteiger charge is 2.07. The standard InChI is InChI=1S/C8H17O3Si/c1-6-10-8(9-3)7(2)11-12(4)5/h6H2,1-5H3. The van der Waals surface area contributed by atoms with Gasteiger partial charge in [-0.05, 0) is 26.9 Å². The van der Waals surface area contributed by atoms with Crippen LogP contribution < -0.4 is 0 Å². The Kier molecular flexibility index (Phi) is 5.62. The van der Waals surface area contributed by atoms with E-state index < -0.39 is 9.04 Å². The van der Waals surface area contributed by atoms with Crippen molar-refractivity contribution in [2.24, 2.45) is 0 Å². The van der Waals surface area contributed by atoms with Gasteiger partial charge in [0.15, 0.2) is 5.76 Å². The molecule has 0 N–H and O–H groups in total. The number of hydrogen-bond donors (Lipinski definition) is 0. The Morgan fingerprint density at radius 1 is 1.33 bits per heavy atom. The summed E-state index contributed by atoms with van der Waals surface area (Å²) in [6.45, 7) is 8.49. The van der Waals surface area contributed by atoms with E-state index in [9.17, 15) is 0 Å². The van der Waals surface area contributed by atoms with Crippen molar-refractivity contribution in [3.8, 4) is 0 Å². The van der Waals surface area contributed by atoms with Crippen LogP contribution in [0.4, 0.5) is 0 Å². The van der Waals surface area contributed by atoms with E-state index in [0.717, 1.165) is 5.76 Å². The first kappa shape index (κ1) is 11.4. The van der Waals surface area contributed by atoms with Gasteiger partial charge in [-0.15, -0.1) is 0 Å². The summed E-state index contributed by atoms with van der Waals surface area (Å²) < 4.78 is 15.7. The van der Waals surface area contributed by atoms with Gasteiger partial charge in [0, 0.05) is 0 Å². The summed E-state index contributed by atoms with van der Waals surface area (Å²) >= 11 is 0. The lowest BCUT2D eigenvalue weighted by atomic mass is 10.6. The SMILES string of the molecule is CCOC(OC)=C(C)O[Si](C)C. The molecule has 1 radical (unpaired) electrons. The molecule has 0 bridgehead atoms. The van der Waals surface area contributed by atoms with Crippen molar-refractivity contribution in [2.45, 2.75) is 26.9 Å². The van der Waals surface area contributed by atoms with Crippen LogP contribution in [0.2, 0.25) is 13.1 Å². The molecule has 0 unspecified atom stereocenters.